The molecule has 3 aromatic rings. The van der Waals surface area contributed by atoms with Crippen LogP contribution in [0.15, 0.2) is 29.9 Å². The van der Waals surface area contributed by atoms with Gasteiger partial charge >= 0.3 is 0 Å². The number of nitrogens with zero attached hydrogens (tertiary/aromatic N) is 3. The maximum absolute atomic E-state index is 9.56. The van der Waals surface area contributed by atoms with E-state index >= 15 is 0 Å². The smallest absolute Gasteiger partial charge is 0.141 e. The Morgan fingerprint density at radius 2 is 2.12 bits per heavy atom. The minimum atomic E-state index is 0.248. The van der Waals surface area contributed by atoms with Gasteiger partial charge in [0.25, 0.3) is 0 Å². The molecule has 4 rings (SSSR count). The molecule has 5 heteroatoms. The van der Waals surface area contributed by atoms with Crippen molar-refractivity contribution in [1.82, 2.24) is 9.97 Å². The standard InChI is InChI=1S/C20H23N3OS/c1-13-5-6-16(8-14(13)2)17-11-25-20-18(17)19(21-12-22-20)23-7-3-4-15(9-23)10-24/h5-6,8,11-12,15,24H,3-4,7,9-10H2,1-2H3. The molecule has 0 amide bonds. The van der Waals surface area contributed by atoms with E-state index in [0.29, 0.717) is 5.92 Å². The molecular weight excluding hydrogens is 330 g/mol. The minimum Gasteiger partial charge on any atom is -0.396 e. The van der Waals surface area contributed by atoms with E-state index in [0.717, 1.165) is 42.0 Å². The molecule has 1 atom stereocenters. The number of aryl methyl sites for hydroxylation is 2. The number of rotatable bonds is 3. The van der Waals surface area contributed by atoms with Crippen molar-refractivity contribution in [2.45, 2.75) is 26.7 Å². The van der Waals surface area contributed by atoms with Crippen LogP contribution in [0.4, 0.5) is 5.82 Å². The highest BCUT2D eigenvalue weighted by molar-refractivity contribution is 7.17. The quantitative estimate of drug-likeness (QED) is 0.767. The van der Waals surface area contributed by atoms with Gasteiger partial charge in [0, 0.05) is 30.6 Å². The molecule has 0 saturated carbocycles. The van der Waals surface area contributed by atoms with Gasteiger partial charge in [-0.15, -0.1) is 11.3 Å². The molecule has 1 unspecified atom stereocenters. The molecule has 2 aromatic heterocycles. The zero-order chi connectivity index (χ0) is 17.4. The number of hydrogen-bond donors (Lipinski definition) is 1. The average Bonchev–Trinajstić information content (AvgIpc) is 3.08. The molecule has 25 heavy (non-hydrogen) atoms. The van der Waals surface area contributed by atoms with Crippen LogP contribution in [0, 0.1) is 19.8 Å². The van der Waals surface area contributed by atoms with Crippen LogP contribution >= 0.6 is 11.3 Å². The summed E-state index contributed by atoms with van der Waals surface area (Å²) in [5.41, 5.74) is 5.04. The van der Waals surface area contributed by atoms with Gasteiger partial charge in [-0.25, -0.2) is 9.97 Å². The predicted molar refractivity (Wildman–Crippen MR) is 104 cm³/mol. The lowest BCUT2D eigenvalue weighted by Crippen LogP contribution is -2.37. The predicted octanol–water partition coefficient (Wildman–Crippen LogP) is 4.18. The van der Waals surface area contributed by atoms with Gasteiger partial charge in [0.2, 0.25) is 0 Å². The second-order valence-corrected chi connectivity index (χ2v) is 7.82. The normalized spacial score (nSPS) is 18.0. The van der Waals surface area contributed by atoms with Crippen LogP contribution < -0.4 is 4.90 Å². The summed E-state index contributed by atoms with van der Waals surface area (Å²) in [5.74, 6) is 1.35. The second-order valence-electron chi connectivity index (χ2n) is 6.96. The Hall–Kier alpha value is -1.98. The third-order valence-corrected chi connectivity index (χ3v) is 6.13. The van der Waals surface area contributed by atoms with Gasteiger partial charge in [-0.2, -0.15) is 0 Å². The Bertz CT molecular complexity index is 905. The minimum absolute atomic E-state index is 0.248. The van der Waals surface area contributed by atoms with Gasteiger partial charge in [-0.1, -0.05) is 18.2 Å². The Balaban J connectivity index is 1.83. The lowest BCUT2D eigenvalue weighted by molar-refractivity contribution is 0.208. The molecule has 1 aliphatic rings. The first kappa shape index (κ1) is 16.5. The van der Waals surface area contributed by atoms with Crippen LogP contribution in [-0.2, 0) is 0 Å². The van der Waals surface area contributed by atoms with Crippen molar-refractivity contribution in [3.8, 4) is 11.1 Å². The molecule has 1 N–H and O–H groups in total. The largest absolute Gasteiger partial charge is 0.396 e. The molecule has 0 aliphatic carbocycles. The topological polar surface area (TPSA) is 49.2 Å². The maximum Gasteiger partial charge on any atom is 0.141 e. The number of aliphatic hydroxyl groups excluding tert-OH is 1. The lowest BCUT2D eigenvalue weighted by atomic mass is 9.97. The van der Waals surface area contributed by atoms with Crippen LogP contribution in [0.1, 0.15) is 24.0 Å². The van der Waals surface area contributed by atoms with Gasteiger partial charge in [-0.3, -0.25) is 0 Å². The van der Waals surface area contributed by atoms with Crippen molar-refractivity contribution in [2.24, 2.45) is 5.92 Å². The first-order valence-electron chi connectivity index (χ1n) is 8.83. The summed E-state index contributed by atoms with van der Waals surface area (Å²) in [5, 5.41) is 12.9. The van der Waals surface area contributed by atoms with E-state index in [2.05, 4.69) is 52.3 Å². The van der Waals surface area contributed by atoms with E-state index in [1.165, 1.54) is 22.3 Å². The van der Waals surface area contributed by atoms with E-state index in [9.17, 15) is 5.11 Å². The van der Waals surface area contributed by atoms with E-state index in [1.54, 1.807) is 17.7 Å². The molecule has 1 saturated heterocycles. The zero-order valence-corrected chi connectivity index (χ0v) is 15.5. The third-order valence-electron chi connectivity index (χ3n) is 5.24. The molecule has 1 aliphatic heterocycles. The zero-order valence-electron chi connectivity index (χ0n) is 14.7. The van der Waals surface area contributed by atoms with E-state index in [4.69, 9.17) is 0 Å². The van der Waals surface area contributed by atoms with E-state index in [1.807, 2.05) is 0 Å². The van der Waals surface area contributed by atoms with Crippen LogP contribution in [-0.4, -0.2) is 34.8 Å². The number of aliphatic hydroxyl groups is 1. The van der Waals surface area contributed by atoms with Gasteiger partial charge in [0.05, 0.1) is 5.39 Å². The molecule has 1 aromatic carbocycles. The molecule has 0 spiro atoms. The summed E-state index contributed by atoms with van der Waals surface area (Å²) in [6, 6.07) is 6.62. The summed E-state index contributed by atoms with van der Waals surface area (Å²) >= 11 is 1.68. The van der Waals surface area contributed by atoms with Crippen LogP contribution in [0.5, 0.6) is 0 Å². The molecule has 130 valence electrons. The fourth-order valence-corrected chi connectivity index (χ4v) is 4.54. The van der Waals surface area contributed by atoms with E-state index < -0.39 is 0 Å². The maximum atomic E-state index is 9.56. The van der Waals surface area contributed by atoms with Crippen molar-refractivity contribution in [3.05, 3.63) is 41.0 Å². The summed E-state index contributed by atoms with van der Waals surface area (Å²) in [6.07, 6.45) is 3.86. The SMILES string of the molecule is Cc1ccc(-c2csc3ncnc(N4CCCC(CO)C4)c23)cc1C. The van der Waals surface area contributed by atoms with Crippen molar-refractivity contribution >= 4 is 27.4 Å². The van der Waals surface area contributed by atoms with Crippen molar-refractivity contribution < 1.29 is 5.11 Å². The monoisotopic (exact) mass is 353 g/mol. The highest BCUT2D eigenvalue weighted by atomic mass is 32.1. The number of piperidine rings is 1. The summed E-state index contributed by atoms with van der Waals surface area (Å²) in [4.78, 5) is 12.5. The van der Waals surface area contributed by atoms with Gasteiger partial charge < -0.3 is 10.0 Å². The summed E-state index contributed by atoms with van der Waals surface area (Å²) < 4.78 is 0. The van der Waals surface area contributed by atoms with Gasteiger partial charge in [0.15, 0.2) is 0 Å². The molecule has 3 heterocycles. The molecule has 1 fully saturated rings. The second kappa shape index (κ2) is 6.73. The Morgan fingerprint density at radius 1 is 1.24 bits per heavy atom. The Morgan fingerprint density at radius 3 is 2.92 bits per heavy atom. The number of thiophene rings is 1. The van der Waals surface area contributed by atoms with Crippen LogP contribution in [0.25, 0.3) is 21.3 Å². The van der Waals surface area contributed by atoms with Crippen molar-refractivity contribution in [3.63, 3.8) is 0 Å². The number of anilines is 1. The molecule has 0 radical (unpaired) electrons. The summed E-state index contributed by atoms with van der Waals surface area (Å²) in [6.45, 7) is 6.40. The fourth-order valence-electron chi connectivity index (χ4n) is 3.63. The van der Waals surface area contributed by atoms with Crippen molar-refractivity contribution in [2.75, 3.05) is 24.6 Å². The fraction of sp³-hybridized carbons (Fsp3) is 0.400. The Kier molecular flexibility index (Phi) is 4.44. The van der Waals surface area contributed by atoms with Crippen LogP contribution in [0.2, 0.25) is 0 Å². The number of benzene rings is 1. The number of fused-ring (bicyclic) bond motifs is 1. The van der Waals surface area contributed by atoms with Gasteiger partial charge in [0.1, 0.15) is 17.0 Å². The number of hydrogen-bond acceptors (Lipinski definition) is 5. The molecular formula is C20H23N3OS. The first-order chi connectivity index (χ1) is 12.2. The molecule has 0 bridgehead atoms. The van der Waals surface area contributed by atoms with E-state index in [-0.39, 0.29) is 6.61 Å². The average molecular weight is 353 g/mol. The third kappa shape index (κ3) is 3.02. The summed E-state index contributed by atoms with van der Waals surface area (Å²) in [7, 11) is 0. The number of aromatic nitrogens is 2. The highest BCUT2D eigenvalue weighted by Crippen LogP contribution is 2.39. The Labute approximate surface area is 152 Å². The lowest BCUT2D eigenvalue weighted by Gasteiger charge is -2.33. The molecule has 4 nitrogen and oxygen atoms in total. The highest BCUT2D eigenvalue weighted by Gasteiger charge is 2.24. The van der Waals surface area contributed by atoms with Crippen LogP contribution in [0.3, 0.4) is 0 Å². The van der Waals surface area contributed by atoms with Crippen molar-refractivity contribution in [1.29, 1.82) is 0 Å². The van der Waals surface area contributed by atoms with Gasteiger partial charge in [-0.05, 0) is 49.3 Å². The first-order valence-corrected chi connectivity index (χ1v) is 9.71.